The van der Waals surface area contributed by atoms with Gasteiger partial charge in [0, 0.05) is 12.6 Å². The van der Waals surface area contributed by atoms with E-state index in [9.17, 15) is 0 Å². The topological polar surface area (TPSA) is 67.5 Å². The van der Waals surface area contributed by atoms with Gasteiger partial charge in [0.05, 0.1) is 25.5 Å². The lowest BCUT2D eigenvalue weighted by atomic mass is 10.4. The van der Waals surface area contributed by atoms with Crippen molar-refractivity contribution in [1.29, 1.82) is 5.26 Å². The molecule has 0 saturated carbocycles. The number of rotatable bonds is 6. The zero-order valence-electron chi connectivity index (χ0n) is 9.80. The van der Waals surface area contributed by atoms with Gasteiger partial charge < -0.3 is 9.47 Å². The van der Waals surface area contributed by atoms with Crippen molar-refractivity contribution in [2.24, 2.45) is 4.99 Å². The minimum Gasteiger partial charge on any atom is -0.480 e. The van der Waals surface area contributed by atoms with Crippen LogP contribution in [0.3, 0.4) is 0 Å². The summed E-state index contributed by atoms with van der Waals surface area (Å²) in [6.07, 6.45) is 3.92. The van der Waals surface area contributed by atoms with Crippen molar-refractivity contribution in [3.8, 4) is 6.19 Å². The molecular formula is C12H15N3O2. The van der Waals surface area contributed by atoms with Crippen molar-refractivity contribution >= 4 is 5.90 Å². The van der Waals surface area contributed by atoms with Gasteiger partial charge in [-0.3, -0.25) is 4.98 Å². The molecule has 1 rings (SSSR count). The molecule has 0 fully saturated rings. The third kappa shape index (κ3) is 5.64. The molecule has 0 amide bonds. The number of ether oxygens (including phenoxy) is 2. The standard InChI is InChI=1S/C12H15N3O2/c1-2-17-12(15-10-13)6-8-16-9-11-5-3-4-7-14-11/h3-5,7H,2,6,8-9H2,1H3/b15-12-. The van der Waals surface area contributed by atoms with E-state index in [1.54, 1.807) is 12.4 Å². The van der Waals surface area contributed by atoms with Crippen LogP contribution in [0.5, 0.6) is 0 Å². The van der Waals surface area contributed by atoms with E-state index >= 15 is 0 Å². The summed E-state index contributed by atoms with van der Waals surface area (Å²) in [7, 11) is 0. The number of nitriles is 1. The highest BCUT2D eigenvalue weighted by Gasteiger charge is 2.00. The summed E-state index contributed by atoms with van der Waals surface area (Å²) in [5.41, 5.74) is 0.877. The van der Waals surface area contributed by atoms with Crippen LogP contribution in [0.2, 0.25) is 0 Å². The van der Waals surface area contributed by atoms with E-state index < -0.39 is 0 Å². The van der Waals surface area contributed by atoms with Crippen molar-refractivity contribution in [3.63, 3.8) is 0 Å². The maximum Gasteiger partial charge on any atom is 0.208 e. The average Bonchev–Trinajstić information content (AvgIpc) is 2.36. The summed E-state index contributed by atoms with van der Waals surface area (Å²) >= 11 is 0. The molecule has 0 bridgehead atoms. The van der Waals surface area contributed by atoms with Crippen molar-refractivity contribution in [2.75, 3.05) is 13.2 Å². The van der Waals surface area contributed by atoms with Gasteiger partial charge in [-0.25, -0.2) is 0 Å². The van der Waals surface area contributed by atoms with Crippen LogP contribution < -0.4 is 0 Å². The number of nitrogens with zero attached hydrogens (tertiary/aromatic N) is 3. The fourth-order valence-corrected chi connectivity index (χ4v) is 1.20. The quantitative estimate of drug-likeness (QED) is 0.326. The fourth-order valence-electron chi connectivity index (χ4n) is 1.20. The first-order valence-electron chi connectivity index (χ1n) is 5.43. The van der Waals surface area contributed by atoms with E-state index in [0.717, 1.165) is 5.69 Å². The van der Waals surface area contributed by atoms with E-state index in [0.29, 0.717) is 32.1 Å². The zero-order chi connectivity index (χ0) is 12.3. The maximum atomic E-state index is 8.43. The molecule has 0 saturated heterocycles. The van der Waals surface area contributed by atoms with Crippen LogP contribution in [-0.2, 0) is 16.1 Å². The van der Waals surface area contributed by atoms with Gasteiger partial charge in [0.1, 0.15) is 0 Å². The first-order chi connectivity index (χ1) is 8.36. The maximum absolute atomic E-state index is 8.43. The van der Waals surface area contributed by atoms with Crippen LogP contribution in [-0.4, -0.2) is 24.1 Å². The van der Waals surface area contributed by atoms with Gasteiger partial charge in [0.2, 0.25) is 12.1 Å². The van der Waals surface area contributed by atoms with Gasteiger partial charge in [-0.05, 0) is 19.1 Å². The molecule has 5 heteroatoms. The van der Waals surface area contributed by atoms with Crippen molar-refractivity contribution in [2.45, 2.75) is 20.0 Å². The smallest absolute Gasteiger partial charge is 0.208 e. The Morgan fingerprint density at radius 2 is 2.41 bits per heavy atom. The van der Waals surface area contributed by atoms with Crippen molar-refractivity contribution < 1.29 is 9.47 Å². The first kappa shape index (κ1) is 13.1. The third-order valence-corrected chi connectivity index (χ3v) is 1.92. The minimum atomic E-state index is 0.413. The summed E-state index contributed by atoms with van der Waals surface area (Å²) in [5, 5.41) is 8.43. The highest BCUT2D eigenvalue weighted by molar-refractivity contribution is 5.77. The molecule has 0 spiro atoms. The summed E-state index contributed by atoms with van der Waals surface area (Å²) < 4.78 is 10.6. The van der Waals surface area contributed by atoms with E-state index in [-0.39, 0.29) is 0 Å². The number of hydrogen-bond acceptors (Lipinski definition) is 5. The summed E-state index contributed by atoms with van der Waals surface area (Å²) in [5.74, 6) is 0.413. The van der Waals surface area contributed by atoms with E-state index in [1.807, 2.05) is 25.1 Å². The predicted molar refractivity (Wildman–Crippen MR) is 63.2 cm³/mol. The lowest BCUT2D eigenvalue weighted by molar-refractivity contribution is 0.120. The third-order valence-electron chi connectivity index (χ3n) is 1.92. The highest BCUT2D eigenvalue weighted by Crippen LogP contribution is 1.98. The van der Waals surface area contributed by atoms with Gasteiger partial charge >= 0.3 is 0 Å². The molecule has 1 heterocycles. The Kier molecular flexibility index (Phi) is 6.37. The number of aliphatic imine (C=N–C) groups is 1. The summed E-state index contributed by atoms with van der Waals surface area (Å²) in [6, 6.07) is 5.66. The van der Waals surface area contributed by atoms with Gasteiger partial charge in [-0.15, -0.1) is 4.99 Å². The van der Waals surface area contributed by atoms with Gasteiger partial charge in [-0.1, -0.05) is 6.07 Å². The second-order valence-corrected chi connectivity index (χ2v) is 3.16. The lowest BCUT2D eigenvalue weighted by Gasteiger charge is -2.06. The SMILES string of the molecule is CCO/C(CCOCc1ccccn1)=N\C#N. The Morgan fingerprint density at radius 1 is 1.53 bits per heavy atom. The molecular weight excluding hydrogens is 218 g/mol. The highest BCUT2D eigenvalue weighted by atomic mass is 16.5. The van der Waals surface area contributed by atoms with Gasteiger partial charge in [0.25, 0.3) is 0 Å². The monoisotopic (exact) mass is 233 g/mol. The second-order valence-electron chi connectivity index (χ2n) is 3.16. The first-order valence-corrected chi connectivity index (χ1v) is 5.43. The molecule has 17 heavy (non-hydrogen) atoms. The van der Waals surface area contributed by atoms with Crippen LogP contribution in [0.15, 0.2) is 29.4 Å². The molecule has 0 aliphatic carbocycles. The zero-order valence-corrected chi connectivity index (χ0v) is 9.80. The molecule has 0 unspecified atom stereocenters. The predicted octanol–water partition coefficient (Wildman–Crippen LogP) is 1.90. The molecule has 0 aliphatic rings. The molecule has 0 aromatic carbocycles. The normalized spacial score (nSPS) is 10.9. The lowest BCUT2D eigenvalue weighted by Crippen LogP contribution is -2.09. The van der Waals surface area contributed by atoms with E-state index in [2.05, 4.69) is 9.98 Å². The molecule has 1 aromatic heterocycles. The molecule has 90 valence electrons. The second kappa shape index (κ2) is 8.25. The van der Waals surface area contributed by atoms with E-state index in [1.165, 1.54) is 0 Å². The molecule has 0 N–H and O–H groups in total. The van der Waals surface area contributed by atoms with Gasteiger partial charge in [0.15, 0.2) is 0 Å². The number of pyridine rings is 1. The average molecular weight is 233 g/mol. The van der Waals surface area contributed by atoms with Crippen molar-refractivity contribution in [3.05, 3.63) is 30.1 Å². The van der Waals surface area contributed by atoms with Crippen molar-refractivity contribution in [1.82, 2.24) is 4.98 Å². The molecule has 0 atom stereocenters. The Hall–Kier alpha value is -1.93. The summed E-state index contributed by atoms with van der Waals surface area (Å²) in [6.45, 7) is 3.26. The van der Waals surface area contributed by atoms with Crippen LogP contribution in [0.1, 0.15) is 19.0 Å². The summed E-state index contributed by atoms with van der Waals surface area (Å²) in [4.78, 5) is 7.69. The van der Waals surface area contributed by atoms with Crippen LogP contribution in [0.25, 0.3) is 0 Å². The Bertz CT molecular complexity index is 384. The molecule has 1 aromatic rings. The van der Waals surface area contributed by atoms with Crippen LogP contribution >= 0.6 is 0 Å². The largest absolute Gasteiger partial charge is 0.480 e. The Labute approximate surface area is 101 Å². The Balaban J connectivity index is 2.23. The molecule has 0 radical (unpaired) electrons. The van der Waals surface area contributed by atoms with E-state index in [4.69, 9.17) is 14.7 Å². The molecule has 5 nitrogen and oxygen atoms in total. The van der Waals surface area contributed by atoms with Gasteiger partial charge in [-0.2, -0.15) is 5.26 Å². The van der Waals surface area contributed by atoms with Crippen LogP contribution in [0, 0.1) is 11.5 Å². The minimum absolute atomic E-state index is 0.413. The molecule has 0 aliphatic heterocycles. The number of hydrogen-bond donors (Lipinski definition) is 0. The van der Waals surface area contributed by atoms with Crippen LogP contribution in [0.4, 0.5) is 0 Å². The number of aromatic nitrogens is 1. The Morgan fingerprint density at radius 3 is 3.06 bits per heavy atom. The fraction of sp³-hybridized carbons (Fsp3) is 0.417.